The topological polar surface area (TPSA) is 91.1 Å². The van der Waals surface area contributed by atoms with Crippen LogP contribution in [-0.4, -0.2) is 54.0 Å². The Morgan fingerprint density at radius 3 is 2.21 bits per heavy atom. The second kappa shape index (κ2) is 12.1. The van der Waals surface area contributed by atoms with Gasteiger partial charge in [0.25, 0.3) is 0 Å². The predicted molar refractivity (Wildman–Crippen MR) is 129 cm³/mol. The largest absolute Gasteiger partial charge is 0.460 e. The summed E-state index contributed by atoms with van der Waals surface area (Å²) in [5, 5.41) is 2.13. The monoisotopic (exact) mass is 458 g/mol. The number of nitrogens with zero attached hydrogens (tertiary/aromatic N) is 1. The van der Waals surface area contributed by atoms with E-state index in [0.29, 0.717) is 19.8 Å². The van der Waals surface area contributed by atoms with E-state index in [1.807, 2.05) is 63.2 Å². The molecule has 2 aromatic rings. The maximum absolute atomic E-state index is 13.5. The Morgan fingerprint density at radius 2 is 1.61 bits per heavy atom. The number of carbonyl (C=O) groups is 2. The van der Waals surface area contributed by atoms with E-state index in [1.54, 1.807) is 25.7 Å². The minimum atomic E-state index is -1.04. The van der Waals surface area contributed by atoms with E-state index in [2.05, 4.69) is 0 Å². The molecule has 0 unspecified atom stereocenters. The number of benzene rings is 2. The summed E-state index contributed by atoms with van der Waals surface area (Å²) in [4.78, 5) is 27.5. The summed E-state index contributed by atoms with van der Waals surface area (Å²) in [6, 6.07) is 12.5. The summed E-state index contributed by atoms with van der Waals surface area (Å²) in [5.41, 5.74) is 6.54. The lowest BCUT2D eigenvalue weighted by Gasteiger charge is -2.36. The van der Waals surface area contributed by atoms with Crippen LogP contribution in [0.15, 0.2) is 42.5 Å². The third-order valence-electron chi connectivity index (χ3n) is 5.17. The first-order chi connectivity index (χ1) is 15.6. The highest BCUT2D eigenvalue weighted by molar-refractivity contribution is 5.88. The van der Waals surface area contributed by atoms with Crippen LogP contribution in [-0.2, 0) is 30.3 Å². The van der Waals surface area contributed by atoms with Crippen LogP contribution >= 0.6 is 0 Å². The molecule has 182 valence electrons. The predicted octanol–water partition coefficient (Wildman–Crippen LogP) is 4.02. The summed E-state index contributed by atoms with van der Waals surface area (Å²) in [6.45, 7) is 12.2. The molecule has 0 bridgehead atoms. The lowest BCUT2D eigenvalue weighted by molar-refractivity contribution is -0.180. The number of rotatable bonds is 11. The molecule has 2 rings (SSSR count). The van der Waals surface area contributed by atoms with Gasteiger partial charge in [0, 0.05) is 19.8 Å². The highest BCUT2D eigenvalue weighted by atomic mass is 16.7. The van der Waals surface area contributed by atoms with Crippen LogP contribution in [0, 0.1) is 0 Å². The minimum Gasteiger partial charge on any atom is -0.460 e. The second-order valence-electron chi connectivity index (χ2n) is 9.02. The molecule has 0 spiro atoms. The van der Waals surface area contributed by atoms with Gasteiger partial charge in [-0.1, -0.05) is 42.5 Å². The molecule has 0 saturated carbocycles. The summed E-state index contributed by atoms with van der Waals surface area (Å²) in [6.07, 6.45) is -0.823. The van der Waals surface area contributed by atoms with Crippen molar-refractivity contribution in [3.63, 3.8) is 0 Å². The minimum absolute atomic E-state index is 0.206. The van der Waals surface area contributed by atoms with E-state index < -0.39 is 29.9 Å². The fourth-order valence-corrected chi connectivity index (χ4v) is 3.70. The fraction of sp³-hybridized carbons (Fsp3) is 0.538. The standard InChI is InChI=1S/C26H38N2O5/c1-7-31-25(32-8-2)18(3)28(24(30)22(27)16-23(29)33-26(4,5)6)17-20-14-11-13-19-12-9-10-15-21(19)20/h9-15,18,22,25H,7-8,16-17,27H2,1-6H3/t18-,22-/m0/s1. The SMILES string of the molecule is CCOC(OCC)[C@H](C)N(Cc1cccc2ccccc12)C(=O)[C@@H](N)CC(=O)OC(C)(C)C. The average molecular weight is 459 g/mol. The smallest absolute Gasteiger partial charge is 0.308 e. The summed E-state index contributed by atoms with van der Waals surface area (Å²) >= 11 is 0. The lowest BCUT2D eigenvalue weighted by Crippen LogP contribution is -2.53. The van der Waals surface area contributed by atoms with Crippen LogP contribution < -0.4 is 5.73 Å². The Labute approximate surface area is 197 Å². The number of ether oxygens (including phenoxy) is 3. The van der Waals surface area contributed by atoms with Gasteiger partial charge < -0.3 is 24.8 Å². The molecule has 1 amide bonds. The molecule has 0 radical (unpaired) electrons. The van der Waals surface area contributed by atoms with Gasteiger partial charge in [-0.3, -0.25) is 9.59 Å². The maximum Gasteiger partial charge on any atom is 0.308 e. The Morgan fingerprint density at radius 1 is 1.00 bits per heavy atom. The molecule has 0 heterocycles. The molecule has 2 N–H and O–H groups in total. The first-order valence-electron chi connectivity index (χ1n) is 11.5. The van der Waals surface area contributed by atoms with Crippen LogP contribution in [0.25, 0.3) is 10.8 Å². The molecule has 0 aliphatic heterocycles. The maximum atomic E-state index is 13.5. The molecule has 0 aliphatic carbocycles. The van der Waals surface area contributed by atoms with Crippen molar-refractivity contribution in [3.8, 4) is 0 Å². The van der Waals surface area contributed by atoms with Gasteiger partial charge in [-0.05, 0) is 57.9 Å². The Bertz CT molecular complexity index is 913. The molecule has 2 atom stereocenters. The first-order valence-corrected chi connectivity index (χ1v) is 11.5. The summed E-state index contributed by atoms with van der Waals surface area (Å²) in [7, 11) is 0. The van der Waals surface area contributed by atoms with Crippen molar-refractivity contribution in [2.24, 2.45) is 5.73 Å². The second-order valence-corrected chi connectivity index (χ2v) is 9.02. The van der Waals surface area contributed by atoms with Crippen molar-refractivity contribution >= 4 is 22.6 Å². The van der Waals surface area contributed by atoms with Crippen molar-refractivity contribution < 1.29 is 23.8 Å². The normalized spacial score (nSPS) is 13.7. The van der Waals surface area contributed by atoms with E-state index in [-0.39, 0.29) is 12.3 Å². The van der Waals surface area contributed by atoms with Crippen molar-refractivity contribution in [1.29, 1.82) is 0 Å². The number of nitrogens with two attached hydrogens (primary N) is 1. The third kappa shape index (κ3) is 7.81. The van der Waals surface area contributed by atoms with Crippen LogP contribution in [0.3, 0.4) is 0 Å². The molecule has 7 nitrogen and oxygen atoms in total. The Balaban J connectivity index is 2.35. The van der Waals surface area contributed by atoms with Crippen molar-refractivity contribution in [2.45, 2.75) is 78.5 Å². The van der Waals surface area contributed by atoms with Gasteiger partial charge in [-0.15, -0.1) is 0 Å². The van der Waals surface area contributed by atoms with E-state index in [0.717, 1.165) is 16.3 Å². The Hall–Kier alpha value is -2.48. The highest BCUT2D eigenvalue weighted by Crippen LogP contribution is 2.23. The van der Waals surface area contributed by atoms with Crippen LogP contribution in [0.2, 0.25) is 0 Å². The third-order valence-corrected chi connectivity index (χ3v) is 5.17. The molecule has 0 saturated heterocycles. The first kappa shape index (κ1) is 26.8. The van der Waals surface area contributed by atoms with Crippen molar-refractivity contribution in [1.82, 2.24) is 4.90 Å². The van der Waals surface area contributed by atoms with E-state index in [9.17, 15) is 9.59 Å². The molecular formula is C26H38N2O5. The van der Waals surface area contributed by atoms with Crippen molar-refractivity contribution in [2.75, 3.05) is 13.2 Å². The zero-order valence-corrected chi connectivity index (χ0v) is 20.7. The lowest BCUT2D eigenvalue weighted by atomic mass is 10.0. The van der Waals surface area contributed by atoms with E-state index in [1.165, 1.54) is 0 Å². The van der Waals surface area contributed by atoms with E-state index >= 15 is 0 Å². The van der Waals surface area contributed by atoms with E-state index in [4.69, 9.17) is 19.9 Å². The quantitative estimate of drug-likeness (QED) is 0.404. The summed E-state index contributed by atoms with van der Waals surface area (Å²) in [5.74, 6) is -0.863. The summed E-state index contributed by atoms with van der Waals surface area (Å²) < 4.78 is 16.9. The number of fused-ring (bicyclic) bond motifs is 1. The number of hydrogen-bond acceptors (Lipinski definition) is 6. The molecule has 7 heteroatoms. The van der Waals surface area contributed by atoms with Gasteiger partial charge in [0.2, 0.25) is 5.91 Å². The van der Waals surface area contributed by atoms with Crippen LogP contribution in [0.5, 0.6) is 0 Å². The van der Waals surface area contributed by atoms with Crippen LogP contribution in [0.1, 0.15) is 53.5 Å². The van der Waals surface area contributed by atoms with Gasteiger partial charge >= 0.3 is 5.97 Å². The number of esters is 1. The van der Waals surface area contributed by atoms with Crippen molar-refractivity contribution in [3.05, 3.63) is 48.0 Å². The van der Waals surface area contributed by atoms with Gasteiger partial charge in [0.05, 0.1) is 18.5 Å². The zero-order chi connectivity index (χ0) is 24.6. The number of hydrogen-bond donors (Lipinski definition) is 1. The molecule has 0 aromatic heterocycles. The molecule has 0 fully saturated rings. The molecule has 2 aromatic carbocycles. The number of carbonyl (C=O) groups excluding carboxylic acids is 2. The fourth-order valence-electron chi connectivity index (χ4n) is 3.70. The van der Waals surface area contributed by atoms with Gasteiger partial charge in [0.1, 0.15) is 5.60 Å². The van der Waals surface area contributed by atoms with Crippen LogP contribution in [0.4, 0.5) is 0 Å². The number of amides is 1. The van der Waals surface area contributed by atoms with Gasteiger partial charge in [-0.2, -0.15) is 0 Å². The Kier molecular flexibility index (Phi) is 9.83. The molecule has 33 heavy (non-hydrogen) atoms. The molecular weight excluding hydrogens is 420 g/mol. The molecule has 0 aliphatic rings. The van der Waals surface area contributed by atoms with Gasteiger partial charge in [0.15, 0.2) is 6.29 Å². The van der Waals surface area contributed by atoms with Gasteiger partial charge in [-0.25, -0.2) is 0 Å². The average Bonchev–Trinajstić information content (AvgIpc) is 2.75. The zero-order valence-electron chi connectivity index (χ0n) is 20.7. The highest BCUT2D eigenvalue weighted by Gasteiger charge is 2.33.